The Hall–Kier alpha value is -1.01. The van der Waals surface area contributed by atoms with Gasteiger partial charge >= 0.3 is 0 Å². The van der Waals surface area contributed by atoms with Gasteiger partial charge in [0.15, 0.2) is 0 Å². The van der Waals surface area contributed by atoms with E-state index >= 15 is 0 Å². The molecule has 2 aromatic heterocycles. The van der Waals surface area contributed by atoms with Gasteiger partial charge in [0.05, 0.1) is 5.69 Å². The number of hydrogen-bond acceptors (Lipinski definition) is 5. The zero-order valence-corrected chi connectivity index (χ0v) is 13.6. The summed E-state index contributed by atoms with van der Waals surface area (Å²) in [6.07, 6.45) is 0. The zero-order chi connectivity index (χ0) is 13.9. The van der Waals surface area contributed by atoms with Crippen LogP contribution in [0.1, 0.15) is 5.69 Å². The Morgan fingerprint density at radius 2 is 2.15 bits per heavy atom. The first kappa shape index (κ1) is 13.9. The molecule has 0 atom stereocenters. The summed E-state index contributed by atoms with van der Waals surface area (Å²) in [4.78, 5) is 5.69. The molecule has 0 aliphatic carbocycles. The summed E-state index contributed by atoms with van der Waals surface area (Å²) in [5, 5.41) is 8.03. The third kappa shape index (κ3) is 3.17. The summed E-state index contributed by atoms with van der Waals surface area (Å²) in [5.74, 6) is 0.812. The second kappa shape index (κ2) is 6.18. The van der Waals surface area contributed by atoms with Gasteiger partial charge in [-0.3, -0.25) is 0 Å². The maximum absolute atomic E-state index is 5.95. The SMILES string of the molecule is Nc1cc(Cl)ccc1SCc1csc(-c2ccsc2)n1. The normalized spacial score (nSPS) is 10.8. The molecule has 0 fully saturated rings. The molecular weight excluding hydrogens is 328 g/mol. The first-order valence-electron chi connectivity index (χ1n) is 5.87. The fourth-order valence-electron chi connectivity index (χ4n) is 1.69. The Balaban J connectivity index is 1.70. The summed E-state index contributed by atoms with van der Waals surface area (Å²) >= 11 is 10.9. The zero-order valence-electron chi connectivity index (χ0n) is 10.4. The molecule has 0 saturated carbocycles. The van der Waals surface area contributed by atoms with Gasteiger partial charge in [0.1, 0.15) is 5.01 Å². The molecule has 2 N–H and O–H groups in total. The van der Waals surface area contributed by atoms with Crippen molar-refractivity contribution in [2.75, 3.05) is 5.73 Å². The van der Waals surface area contributed by atoms with Gasteiger partial charge < -0.3 is 5.73 Å². The quantitative estimate of drug-likeness (QED) is 0.511. The highest BCUT2D eigenvalue weighted by atomic mass is 35.5. The lowest BCUT2D eigenvalue weighted by molar-refractivity contribution is 1.23. The maximum atomic E-state index is 5.95. The number of nitrogens with zero attached hydrogens (tertiary/aromatic N) is 1. The molecule has 0 saturated heterocycles. The number of rotatable bonds is 4. The van der Waals surface area contributed by atoms with Crippen molar-refractivity contribution < 1.29 is 0 Å². The van der Waals surface area contributed by atoms with Crippen molar-refractivity contribution in [3.05, 3.63) is 51.1 Å². The van der Waals surface area contributed by atoms with Crippen molar-refractivity contribution in [2.24, 2.45) is 0 Å². The second-order valence-electron chi connectivity index (χ2n) is 4.13. The molecule has 102 valence electrons. The Labute approximate surface area is 134 Å². The summed E-state index contributed by atoms with van der Waals surface area (Å²) in [5.41, 5.74) is 8.94. The average molecular weight is 339 g/mol. The number of thiophene rings is 1. The van der Waals surface area contributed by atoms with Crippen molar-refractivity contribution in [2.45, 2.75) is 10.6 Å². The van der Waals surface area contributed by atoms with E-state index < -0.39 is 0 Å². The molecule has 2 heterocycles. The van der Waals surface area contributed by atoms with Crippen LogP contribution in [0.5, 0.6) is 0 Å². The van der Waals surface area contributed by atoms with E-state index in [4.69, 9.17) is 17.3 Å². The van der Waals surface area contributed by atoms with Crippen LogP contribution < -0.4 is 5.73 Å². The minimum atomic E-state index is 0.667. The molecule has 0 bridgehead atoms. The van der Waals surface area contributed by atoms with E-state index in [9.17, 15) is 0 Å². The third-order valence-corrected chi connectivity index (χ3v) is 5.65. The smallest absolute Gasteiger partial charge is 0.124 e. The van der Waals surface area contributed by atoms with Crippen LogP contribution in [-0.2, 0) is 5.75 Å². The predicted octanol–water partition coefficient (Wildman–Crippen LogP) is 5.40. The predicted molar refractivity (Wildman–Crippen MR) is 90.9 cm³/mol. The van der Waals surface area contributed by atoms with Gasteiger partial charge in [-0.15, -0.1) is 23.1 Å². The van der Waals surface area contributed by atoms with Gasteiger partial charge in [0.25, 0.3) is 0 Å². The van der Waals surface area contributed by atoms with Gasteiger partial charge in [0.2, 0.25) is 0 Å². The highest BCUT2D eigenvalue weighted by Crippen LogP contribution is 2.32. The monoisotopic (exact) mass is 338 g/mol. The van der Waals surface area contributed by atoms with E-state index in [1.807, 2.05) is 12.1 Å². The van der Waals surface area contributed by atoms with E-state index in [-0.39, 0.29) is 0 Å². The molecule has 0 aliphatic rings. The van der Waals surface area contributed by atoms with Crippen LogP contribution >= 0.6 is 46.0 Å². The molecule has 0 unspecified atom stereocenters. The maximum Gasteiger partial charge on any atom is 0.124 e. The Kier molecular flexibility index (Phi) is 4.31. The molecule has 3 rings (SSSR count). The molecule has 0 spiro atoms. The number of nitrogen functional groups attached to an aromatic ring is 1. The van der Waals surface area contributed by atoms with E-state index in [0.717, 1.165) is 27.0 Å². The van der Waals surface area contributed by atoms with Gasteiger partial charge in [-0.05, 0) is 29.6 Å². The van der Waals surface area contributed by atoms with Crippen LogP contribution in [0.25, 0.3) is 10.6 Å². The lowest BCUT2D eigenvalue weighted by Crippen LogP contribution is -1.89. The largest absolute Gasteiger partial charge is 0.398 e. The summed E-state index contributed by atoms with van der Waals surface area (Å²) in [6, 6.07) is 7.69. The Morgan fingerprint density at radius 1 is 1.25 bits per heavy atom. The topological polar surface area (TPSA) is 38.9 Å². The minimum Gasteiger partial charge on any atom is -0.398 e. The van der Waals surface area contributed by atoms with Crippen LogP contribution in [0.4, 0.5) is 5.69 Å². The van der Waals surface area contributed by atoms with Crippen molar-refractivity contribution >= 4 is 51.7 Å². The first-order chi connectivity index (χ1) is 9.72. The summed E-state index contributed by atoms with van der Waals surface area (Å²) < 4.78 is 0. The minimum absolute atomic E-state index is 0.667. The van der Waals surface area contributed by atoms with Crippen molar-refractivity contribution in [3.8, 4) is 10.6 Å². The van der Waals surface area contributed by atoms with Crippen molar-refractivity contribution in [1.82, 2.24) is 4.98 Å². The number of thioether (sulfide) groups is 1. The van der Waals surface area contributed by atoms with Gasteiger partial charge in [-0.25, -0.2) is 4.98 Å². The lowest BCUT2D eigenvalue weighted by Gasteiger charge is -2.04. The second-order valence-corrected chi connectivity index (χ2v) is 7.22. The molecule has 0 radical (unpaired) electrons. The fourth-order valence-corrected chi connectivity index (χ4v) is 4.35. The van der Waals surface area contributed by atoms with Gasteiger partial charge in [-0.1, -0.05) is 11.6 Å². The molecular formula is C14H11ClN2S3. The number of nitrogens with two attached hydrogens (primary N) is 1. The number of halogens is 1. The third-order valence-electron chi connectivity index (χ3n) is 2.67. The molecule has 0 aliphatic heterocycles. The molecule has 1 aromatic carbocycles. The van der Waals surface area contributed by atoms with Gasteiger partial charge in [0, 0.05) is 37.7 Å². The van der Waals surface area contributed by atoms with Crippen molar-refractivity contribution in [1.29, 1.82) is 0 Å². The molecule has 3 aromatic rings. The summed E-state index contributed by atoms with van der Waals surface area (Å²) in [6.45, 7) is 0. The summed E-state index contributed by atoms with van der Waals surface area (Å²) in [7, 11) is 0. The van der Waals surface area contributed by atoms with Crippen LogP contribution in [0.3, 0.4) is 0 Å². The lowest BCUT2D eigenvalue weighted by atomic mass is 10.3. The number of aromatic nitrogens is 1. The van der Waals surface area contributed by atoms with E-state index in [1.165, 1.54) is 5.56 Å². The van der Waals surface area contributed by atoms with Crippen LogP contribution in [0.2, 0.25) is 5.02 Å². The number of thiazole rings is 1. The van der Waals surface area contributed by atoms with Crippen molar-refractivity contribution in [3.63, 3.8) is 0 Å². The molecule has 6 heteroatoms. The van der Waals surface area contributed by atoms with Gasteiger partial charge in [-0.2, -0.15) is 11.3 Å². The van der Waals surface area contributed by atoms with E-state index in [2.05, 4.69) is 27.2 Å². The van der Waals surface area contributed by atoms with Crippen LogP contribution in [0.15, 0.2) is 45.3 Å². The number of benzene rings is 1. The molecule has 2 nitrogen and oxygen atoms in total. The van der Waals surface area contributed by atoms with Crippen LogP contribution in [-0.4, -0.2) is 4.98 Å². The number of hydrogen-bond donors (Lipinski definition) is 1. The Bertz CT molecular complexity index is 707. The standard InChI is InChI=1S/C14H11ClN2S3/c15-10-1-2-13(12(16)5-10)19-7-11-8-20-14(17-11)9-3-4-18-6-9/h1-6,8H,7,16H2. The molecule has 0 amide bonds. The highest BCUT2D eigenvalue weighted by molar-refractivity contribution is 7.98. The van der Waals surface area contributed by atoms with E-state index in [0.29, 0.717) is 5.02 Å². The highest BCUT2D eigenvalue weighted by Gasteiger charge is 2.07. The number of anilines is 1. The van der Waals surface area contributed by atoms with Crippen LogP contribution in [0, 0.1) is 0 Å². The first-order valence-corrected chi connectivity index (χ1v) is 9.06. The Morgan fingerprint density at radius 3 is 2.90 bits per heavy atom. The average Bonchev–Trinajstić information content (AvgIpc) is 3.08. The molecule has 20 heavy (non-hydrogen) atoms. The van der Waals surface area contributed by atoms with E-state index in [1.54, 1.807) is 40.5 Å². The fraction of sp³-hybridized carbons (Fsp3) is 0.0714.